The van der Waals surface area contributed by atoms with Gasteiger partial charge in [-0.25, -0.2) is 4.79 Å². The van der Waals surface area contributed by atoms with Crippen molar-refractivity contribution < 1.29 is 9.53 Å². The molecule has 0 aromatic heterocycles. The van der Waals surface area contributed by atoms with Crippen LogP contribution in [-0.4, -0.2) is 31.8 Å². The monoisotopic (exact) mass is 336 g/mol. The average molecular weight is 336 g/mol. The fraction of sp³-hybridized carbons (Fsp3) is 0.381. The van der Waals surface area contributed by atoms with E-state index in [-0.39, 0.29) is 12.0 Å². The van der Waals surface area contributed by atoms with Crippen molar-refractivity contribution in [3.05, 3.63) is 59.7 Å². The molecule has 1 saturated heterocycles. The van der Waals surface area contributed by atoms with Gasteiger partial charge in [0.2, 0.25) is 0 Å². The predicted octanol–water partition coefficient (Wildman–Crippen LogP) is 3.67. The Hall–Kier alpha value is -2.33. The molecule has 0 bridgehead atoms. The summed E-state index contributed by atoms with van der Waals surface area (Å²) in [7, 11) is 0. The lowest BCUT2D eigenvalue weighted by atomic mass is 9.98. The molecule has 4 heteroatoms. The van der Waals surface area contributed by atoms with Gasteiger partial charge in [0, 0.05) is 18.5 Å². The standard InChI is InChI=1S/C21H24N2O2/c24-21(23-13-11-15-6-5-12-22-15)25-14-20-18-9-3-1-7-16(18)17-8-2-4-10-19(17)20/h1-4,7-10,15,20,22H,5-6,11-14H2,(H,23,24)/t15-/m0/s1. The third-order valence-electron chi connectivity index (χ3n) is 5.27. The summed E-state index contributed by atoms with van der Waals surface area (Å²) in [4.78, 5) is 12.0. The van der Waals surface area contributed by atoms with Crippen molar-refractivity contribution in [2.24, 2.45) is 0 Å². The fourth-order valence-corrected chi connectivity index (χ4v) is 4.00. The second-order valence-corrected chi connectivity index (χ2v) is 6.83. The summed E-state index contributed by atoms with van der Waals surface area (Å²) in [6.07, 6.45) is 3.08. The molecule has 2 aliphatic rings. The lowest BCUT2D eigenvalue weighted by molar-refractivity contribution is 0.142. The first kappa shape index (κ1) is 16.2. The largest absolute Gasteiger partial charge is 0.449 e. The molecular formula is C21H24N2O2. The van der Waals surface area contributed by atoms with Gasteiger partial charge < -0.3 is 15.4 Å². The normalized spacial score (nSPS) is 18.6. The van der Waals surface area contributed by atoms with Gasteiger partial charge in [0.1, 0.15) is 6.61 Å². The van der Waals surface area contributed by atoms with Gasteiger partial charge in [-0.15, -0.1) is 0 Å². The molecule has 0 radical (unpaired) electrons. The molecule has 1 fully saturated rings. The van der Waals surface area contributed by atoms with E-state index >= 15 is 0 Å². The van der Waals surface area contributed by atoms with E-state index in [2.05, 4.69) is 47.0 Å². The van der Waals surface area contributed by atoms with Gasteiger partial charge in [0.05, 0.1) is 0 Å². The first-order chi connectivity index (χ1) is 12.3. The van der Waals surface area contributed by atoms with E-state index < -0.39 is 0 Å². The molecule has 25 heavy (non-hydrogen) atoms. The smallest absolute Gasteiger partial charge is 0.407 e. The quantitative estimate of drug-likeness (QED) is 0.876. The molecule has 1 atom stereocenters. The molecule has 1 amide bonds. The van der Waals surface area contributed by atoms with E-state index in [0.29, 0.717) is 19.2 Å². The Morgan fingerprint density at radius 1 is 1.08 bits per heavy atom. The van der Waals surface area contributed by atoms with Crippen LogP contribution in [0.1, 0.15) is 36.3 Å². The SMILES string of the molecule is O=C(NCC[C@@H]1CCCN1)OCC1c2ccccc2-c2ccccc21. The zero-order valence-corrected chi connectivity index (χ0v) is 14.3. The number of hydrogen-bond acceptors (Lipinski definition) is 3. The molecule has 2 aromatic carbocycles. The topological polar surface area (TPSA) is 50.4 Å². The van der Waals surface area contributed by atoms with Crippen LogP contribution >= 0.6 is 0 Å². The van der Waals surface area contributed by atoms with Crippen LogP contribution in [0.3, 0.4) is 0 Å². The maximum atomic E-state index is 12.0. The maximum Gasteiger partial charge on any atom is 0.407 e. The van der Waals surface area contributed by atoms with Crippen LogP contribution in [0, 0.1) is 0 Å². The Bertz CT molecular complexity index is 708. The van der Waals surface area contributed by atoms with Crippen molar-refractivity contribution in [2.75, 3.05) is 19.7 Å². The van der Waals surface area contributed by atoms with Crippen molar-refractivity contribution in [2.45, 2.75) is 31.2 Å². The van der Waals surface area contributed by atoms with Gasteiger partial charge in [-0.3, -0.25) is 0 Å². The molecule has 0 saturated carbocycles. The van der Waals surface area contributed by atoms with Crippen LogP contribution in [-0.2, 0) is 4.74 Å². The van der Waals surface area contributed by atoms with Crippen molar-refractivity contribution in [3.8, 4) is 11.1 Å². The van der Waals surface area contributed by atoms with Crippen LogP contribution in [0.5, 0.6) is 0 Å². The van der Waals surface area contributed by atoms with E-state index in [1.807, 2.05) is 12.1 Å². The van der Waals surface area contributed by atoms with Crippen molar-refractivity contribution in [1.29, 1.82) is 0 Å². The number of fused-ring (bicyclic) bond motifs is 3. The van der Waals surface area contributed by atoms with E-state index in [0.717, 1.165) is 13.0 Å². The third kappa shape index (κ3) is 3.40. The molecule has 1 aliphatic carbocycles. The summed E-state index contributed by atoms with van der Waals surface area (Å²) >= 11 is 0. The maximum absolute atomic E-state index is 12.0. The number of nitrogens with one attached hydrogen (secondary N) is 2. The lowest BCUT2D eigenvalue weighted by Gasteiger charge is -2.15. The minimum Gasteiger partial charge on any atom is -0.449 e. The van der Waals surface area contributed by atoms with E-state index in [9.17, 15) is 4.79 Å². The molecule has 2 N–H and O–H groups in total. The Balaban J connectivity index is 1.35. The summed E-state index contributed by atoms with van der Waals surface area (Å²) in [6, 6.07) is 17.3. The number of carbonyl (C=O) groups is 1. The number of amides is 1. The zero-order valence-electron chi connectivity index (χ0n) is 14.3. The van der Waals surface area contributed by atoms with Crippen LogP contribution in [0.2, 0.25) is 0 Å². The summed E-state index contributed by atoms with van der Waals surface area (Å²) in [5.74, 6) is 0.120. The molecule has 4 rings (SSSR count). The number of alkyl carbamates (subject to hydrolysis) is 1. The number of rotatable bonds is 5. The zero-order chi connectivity index (χ0) is 17.1. The summed E-state index contributed by atoms with van der Waals surface area (Å²) < 4.78 is 5.53. The second kappa shape index (κ2) is 7.28. The lowest BCUT2D eigenvalue weighted by Crippen LogP contribution is -2.31. The van der Waals surface area contributed by atoms with E-state index in [4.69, 9.17) is 4.74 Å². The van der Waals surface area contributed by atoms with Gasteiger partial charge in [0.15, 0.2) is 0 Å². The molecule has 0 unspecified atom stereocenters. The van der Waals surface area contributed by atoms with Crippen LogP contribution < -0.4 is 10.6 Å². The Kier molecular flexibility index (Phi) is 4.70. The Labute approximate surface area is 148 Å². The first-order valence-electron chi connectivity index (χ1n) is 9.15. The first-order valence-corrected chi connectivity index (χ1v) is 9.15. The highest BCUT2D eigenvalue weighted by Crippen LogP contribution is 2.44. The van der Waals surface area contributed by atoms with Gasteiger partial charge in [-0.1, -0.05) is 48.5 Å². The van der Waals surface area contributed by atoms with Crippen LogP contribution in [0.15, 0.2) is 48.5 Å². The van der Waals surface area contributed by atoms with Gasteiger partial charge in [0.25, 0.3) is 0 Å². The molecule has 130 valence electrons. The highest BCUT2D eigenvalue weighted by atomic mass is 16.5. The van der Waals surface area contributed by atoms with Crippen molar-refractivity contribution in [1.82, 2.24) is 10.6 Å². The molecule has 0 spiro atoms. The minimum atomic E-state index is -0.320. The molecule has 2 aromatic rings. The number of carbonyl (C=O) groups excluding carboxylic acids is 1. The van der Waals surface area contributed by atoms with Crippen LogP contribution in [0.4, 0.5) is 4.79 Å². The Morgan fingerprint density at radius 2 is 1.76 bits per heavy atom. The highest BCUT2D eigenvalue weighted by molar-refractivity contribution is 5.79. The van der Waals surface area contributed by atoms with Crippen molar-refractivity contribution >= 4 is 6.09 Å². The summed E-state index contributed by atoms with van der Waals surface area (Å²) in [5, 5.41) is 6.32. The predicted molar refractivity (Wildman–Crippen MR) is 98.7 cm³/mol. The summed E-state index contributed by atoms with van der Waals surface area (Å²) in [6.45, 7) is 2.13. The van der Waals surface area contributed by atoms with Gasteiger partial charge in [-0.05, 0) is 48.1 Å². The van der Waals surface area contributed by atoms with Gasteiger partial charge >= 0.3 is 6.09 Å². The minimum absolute atomic E-state index is 0.120. The average Bonchev–Trinajstić information content (AvgIpc) is 3.26. The second-order valence-electron chi connectivity index (χ2n) is 6.83. The molecule has 1 aliphatic heterocycles. The fourth-order valence-electron chi connectivity index (χ4n) is 4.00. The van der Waals surface area contributed by atoms with E-state index in [1.165, 1.54) is 35.1 Å². The van der Waals surface area contributed by atoms with Crippen molar-refractivity contribution in [3.63, 3.8) is 0 Å². The third-order valence-corrected chi connectivity index (χ3v) is 5.27. The number of ether oxygens (including phenoxy) is 1. The van der Waals surface area contributed by atoms with E-state index in [1.54, 1.807) is 0 Å². The summed E-state index contributed by atoms with van der Waals surface area (Å²) in [5.41, 5.74) is 4.98. The molecular weight excluding hydrogens is 312 g/mol. The van der Waals surface area contributed by atoms with Gasteiger partial charge in [-0.2, -0.15) is 0 Å². The van der Waals surface area contributed by atoms with Crippen LogP contribution in [0.25, 0.3) is 11.1 Å². The highest BCUT2D eigenvalue weighted by Gasteiger charge is 2.28. The number of hydrogen-bond donors (Lipinski definition) is 2. The molecule has 4 nitrogen and oxygen atoms in total. The Morgan fingerprint density at radius 3 is 2.40 bits per heavy atom. The number of benzene rings is 2. The molecule has 1 heterocycles.